The third-order valence-electron chi connectivity index (χ3n) is 5.02. The molecule has 2 N–H and O–H groups in total. The smallest absolute Gasteiger partial charge is 0.0591 e. The molecule has 17 heavy (non-hydrogen) atoms. The molecule has 1 saturated heterocycles. The van der Waals surface area contributed by atoms with Crippen molar-refractivity contribution in [3.8, 4) is 0 Å². The lowest BCUT2D eigenvalue weighted by molar-refractivity contribution is -0.153. The fourth-order valence-electron chi connectivity index (χ4n) is 3.44. The van der Waals surface area contributed by atoms with Crippen LogP contribution in [0.1, 0.15) is 30.4 Å². The Labute approximate surface area is 103 Å². The molecule has 3 rings (SSSR count). The molecule has 1 aliphatic heterocycles. The number of nitrogens with two attached hydrogens (primary N) is 1. The van der Waals surface area contributed by atoms with Crippen LogP contribution in [0.15, 0.2) is 24.3 Å². The number of ether oxygens (including phenoxy) is 1. The second-order valence-corrected chi connectivity index (χ2v) is 5.78. The maximum absolute atomic E-state index is 6.08. The Kier molecular flexibility index (Phi) is 2.53. The molecule has 0 unspecified atom stereocenters. The van der Waals surface area contributed by atoms with E-state index in [1.165, 1.54) is 30.4 Å². The molecule has 2 fully saturated rings. The average molecular weight is 231 g/mol. The molecule has 1 aromatic carbocycles. The third kappa shape index (κ3) is 1.40. The lowest BCUT2D eigenvalue weighted by atomic mass is 9.50. The van der Waals surface area contributed by atoms with Crippen LogP contribution in [0, 0.1) is 12.3 Å². The molecule has 0 radical (unpaired) electrons. The highest BCUT2D eigenvalue weighted by Crippen LogP contribution is 2.57. The second kappa shape index (κ2) is 3.82. The van der Waals surface area contributed by atoms with Crippen LogP contribution in [0.4, 0.5) is 0 Å². The highest BCUT2D eigenvalue weighted by molar-refractivity contribution is 5.35. The Bertz CT molecular complexity index is 396. The summed E-state index contributed by atoms with van der Waals surface area (Å²) in [5.74, 6) is 0. The fraction of sp³-hybridized carbons (Fsp3) is 0.600. The normalized spacial score (nSPS) is 24.8. The van der Waals surface area contributed by atoms with Gasteiger partial charge in [-0.05, 0) is 37.3 Å². The Hall–Kier alpha value is -0.860. The lowest BCUT2D eigenvalue weighted by Gasteiger charge is -2.60. The summed E-state index contributed by atoms with van der Waals surface area (Å²) in [6.45, 7) is 4.64. The van der Waals surface area contributed by atoms with Crippen LogP contribution in [0.25, 0.3) is 0 Å². The average Bonchev–Trinajstić information content (AvgIpc) is 2.22. The Morgan fingerprint density at radius 1 is 1.18 bits per heavy atom. The van der Waals surface area contributed by atoms with E-state index in [4.69, 9.17) is 10.5 Å². The van der Waals surface area contributed by atoms with Gasteiger partial charge in [0.05, 0.1) is 13.2 Å². The SMILES string of the molecule is Cc1ccc(C2(C3(CN)CCC3)COC2)cc1. The van der Waals surface area contributed by atoms with Crippen molar-refractivity contribution in [2.24, 2.45) is 11.1 Å². The first-order chi connectivity index (χ1) is 8.22. The highest BCUT2D eigenvalue weighted by atomic mass is 16.5. The Morgan fingerprint density at radius 3 is 2.18 bits per heavy atom. The molecule has 0 bridgehead atoms. The van der Waals surface area contributed by atoms with Crippen molar-refractivity contribution in [2.75, 3.05) is 19.8 Å². The number of benzene rings is 1. The quantitative estimate of drug-likeness (QED) is 0.867. The van der Waals surface area contributed by atoms with Gasteiger partial charge in [-0.2, -0.15) is 0 Å². The van der Waals surface area contributed by atoms with Crippen molar-refractivity contribution in [3.63, 3.8) is 0 Å². The third-order valence-corrected chi connectivity index (χ3v) is 5.02. The molecule has 0 amide bonds. The fourth-order valence-corrected chi connectivity index (χ4v) is 3.44. The van der Waals surface area contributed by atoms with Crippen molar-refractivity contribution in [3.05, 3.63) is 35.4 Å². The summed E-state index contributed by atoms with van der Waals surface area (Å²) >= 11 is 0. The highest BCUT2D eigenvalue weighted by Gasteiger charge is 2.58. The first-order valence-electron chi connectivity index (χ1n) is 6.57. The van der Waals surface area contributed by atoms with Crippen molar-refractivity contribution < 1.29 is 4.74 Å². The van der Waals surface area contributed by atoms with E-state index in [9.17, 15) is 0 Å². The van der Waals surface area contributed by atoms with E-state index in [1.54, 1.807) is 0 Å². The van der Waals surface area contributed by atoms with Gasteiger partial charge < -0.3 is 10.5 Å². The van der Waals surface area contributed by atoms with Crippen molar-refractivity contribution >= 4 is 0 Å². The summed E-state index contributed by atoms with van der Waals surface area (Å²) in [6, 6.07) is 8.96. The molecule has 1 heterocycles. The minimum absolute atomic E-state index is 0.202. The molecule has 0 aromatic heterocycles. The second-order valence-electron chi connectivity index (χ2n) is 5.78. The Balaban J connectivity index is 1.99. The number of aryl methyl sites for hydroxylation is 1. The lowest BCUT2D eigenvalue weighted by Crippen LogP contribution is -2.64. The number of rotatable bonds is 3. The van der Waals surface area contributed by atoms with E-state index in [-0.39, 0.29) is 5.41 Å². The summed E-state index contributed by atoms with van der Waals surface area (Å²) in [4.78, 5) is 0. The van der Waals surface area contributed by atoms with E-state index >= 15 is 0 Å². The maximum Gasteiger partial charge on any atom is 0.0591 e. The van der Waals surface area contributed by atoms with Crippen molar-refractivity contribution in [2.45, 2.75) is 31.6 Å². The molecular formula is C15H21NO. The van der Waals surface area contributed by atoms with Crippen LogP contribution in [0.5, 0.6) is 0 Å². The van der Waals surface area contributed by atoms with Gasteiger partial charge in [-0.3, -0.25) is 0 Å². The molecule has 2 nitrogen and oxygen atoms in total. The predicted octanol–water partition coefficient (Wildman–Crippen LogP) is 2.39. The van der Waals surface area contributed by atoms with E-state index in [0.29, 0.717) is 5.41 Å². The number of hydrogen-bond donors (Lipinski definition) is 1. The molecule has 1 aromatic rings. The minimum Gasteiger partial charge on any atom is -0.379 e. The monoisotopic (exact) mass is 231 g/mol. The molecule has 92 valence electrons. The van der Waals surface area contributed by atoms with Gasteiger partial charge >= 0.3 is 0 Å². The van der Waals surface area contributed by atoms with Crippen molar-refractivity contribution in [1.29, 1.82) is 0 Å². The van der Waals surface area contributed by atoms with Crippen LogP contribution in [0.3, 0.4) is 0 Å². The molecule has 1 aliphatic carbocycles. The first-order valence-corrected chi connectivity index (χ1v) is 6.57. The zero-order chi connectivity index (χ0) is 11.9. The molecule has 0 atom stereocenters. The van der Waals surface area contributed by atoms with Crippen LogP contribution in [-0.4, -0.2) is 19.8 Å². The van der Waals surface area contributed by atoms with Gasteiger partial charge in [0.2, 0.25) is 0 Å². The summed E-state index contributed by atoms with van der Waals surface area (Å²) in [5.41, 5.74) is 9.33. The first kappa shape index (κ1) is 11.2. The number of hydrogen-bond acceptors (Lipinski definition) is 2. The van der Waals surface area contributed by atoms with Crippen LogP contribution in [0.2, 0.25) is 0 Å². The zero-order valence-electron chi connectivity index (χ0n) is 10.5. The largest absolute Gasteiger partial charge is 0.379 e. The van der Waals surface area contributed by atoms with Crippen LogP contribution in [-0.2, 0) is 10.2 Å². The zero-order valence-corrected chi connectivity index (χ0v) is 10.5. The van der Waals surface area contributed by atoms with Gasteiger partial charge in [-0.25, -0.2) is 0 Å². The van der Waals surface area contributed by atoms with Gasteiger partial charge in [-0.1, -0.05) is 36.2 Å². The van der Waals surface area contributed by atoms with Gasteiger partial charge in [-0.15, -0.1) is 0 Å². The van der Waals surface area contributed by atoms with Gasteiger partial charge in [0, 0.05) is 5.41 Å². The molecule has 0 spiro atoms. The van der Waals surface area contributed by atoms with E-state index in [1.807, 2.05) is 0 Å². The topological polar surface area (TPSA) is 35.2 Å². The summed E-state index contributed by atoms with van der Waals surface area (Å²) in [7, 11) is 0. The minimum atomic E-state index is 0.202. The van der Waals surface area contributed by atoms with Gasteiger partial charge in [0.15, 0.2) is 0 Å². The molecule has 1 saturated carbocycles. The van der Waals surface area contributed by atoms with Crippen molar-refractivity contribution in [1.82, 2.24) is 0 Å². The standard InChI is InChI=1S/C15H21NO/c1-12-3-5-13(6-4-12)15(10-17-11-15)14(9-16)7-2-8-14/h3-6H,2,7-11,16H2,1H3. The van der Waals surface area contributed by atoms with E-state index in [0.717, 1.165) is 19.8 Å². The summed E-state index contributed by atoms with van der Waals surface area (Å²) in [5, 5.41) is 0. The Morgan fingerprint density at radius 2 is 1.82 bits per heavy atom. The van der Waals surface area contributed by atoms with Crippen LogP contribution >= 0.6 is 0 Å². The van der Waals surface area contributed by atoms with Gasteiger partial charge in [0.25, 0.3) is 0 Å². The van der Waals surface area contributed by atoms with Crippen LogP contribution < -0.4 is 5.73 Å². The molecule has 2 aliphatic rings. The van der Waals surface area contributed by atoms with Gasteiger partial charge in [0.1, 0.15) is 0 Å². The van der Waals surface area contributed by atoms with E-state index in [2.05, 4.69) is 31.2 Å². The molecule has 2 heteroatoms. The predicted molar refractivity (Wildman–Crippen MR) is 69.0 cm³/mol. The molecular weight excluding hydrogens is 210 g/mol. The summed E-state index contributed by atoms with van der Waals surface area (Å²) < 4.78 is 5.55. The van der Waals surface area contributed by atoms with E-state index < -0.39 is 0 Å². The maximum atomic E-state index is 6.08. The summed E-state index contributed by atoms with van der Waals surface area (Å²) in [6.07, 6.45) is 3.85.